The summed E-state index contributed by atoms with van der Waals surface area (Å²) in [5, 5.41) is 10.1. The second kappa shape index (κ2) is 10.6. The Morgan fingerprint density at radius 3 is 2.36 bits per heavy atom. The number of hydrogen-bond acceptors (Lipinski definition) is 5. The molecule has 1 aromatic heterocycles. The molecule has 8 heteroatoms. The van der Waals surface area contributed by atoms with Gasteiger partial charge in [0, 0.05) is 31.1 Å². The number of amides is 1. The van der Waals surface area contributed by atoms with Crippen molar-refractivity contribution in [3.63, 3.8) is 0 Å². The third-order valence-electron chi connectivity index (χ3n) is 4.88. The maximum Gasteiger partial charge on any atom is 0.253 e. The Kier molecular flexibility index (Phi) is 7.32. The van der Waals surface area contributed by atoms with Crippen LogP contribution in [0.3, 0.4) is 0 Å². The lowest BCUT2D eigenvalue weighted by Crippen LogP contribution is -2.21. The fourth-order valence-electron chi connectivity index (χ4n) is 3.18. The standard InChI is InChI=1S/C25H23ClN4O2S/c1-29(2)24(31)19-14-12-18(13-15-19)17-33-25-28-27-23(30(25)20-8-4-3-5-9-20)16-32-22-11-7-6-10-21(22)26/h3-15H,16-17H2,1-2H3. The van der Waals surface area contributed by atoms with Crippen molar-refractivity contribution in [2.75, 3.05) is 14.1 Å². The highest BCUT2D eigenvalue weighted by atomic mass is 35.5. The smallest absolute Gasteiger partial charge is 0.253 e. The van der Waals surface area contributed by atoms with Gasteiger partial charge in [-0.25, -0.2) is 0 Å². The molecule has 0 saturated heterocycles. The zero-order valence-corrected chi connectivity index (χ0v) is 19.9. The minimum absolute atomic E-state index is 0.0128. The van der Waals surface area contributed by atoms with Crippen LogP contribution in [-0.2, 0) is 12.4 Å². The number of para-hydroxylation sites is 2. The Morgan fingerprint density at radius 2 is 1.67 bits per heavy atom. The van der Waals surface area contributed by atoms with E-state index in [0.717, 1.165) is 16.4 Å². The summed E-state index contributed by atoms with van der Waals surface area (Å²) in [5.74, 6) is 1.95. The number of nitrogens with zero attached hydrogens (tertiary/aromatic N) is 4. The van der Waals surface area contributed by atoms with Crippen LogP contribution in [0.1, 0.15) is 21.7 Å². The molecule has 0 aliphatic rings. The molecule has 0 atom stereocenters. The number of carbonyl (C=O) groups excluding carboxylic acids is 1. The van der Waals surface area contributed by atoms with Crippen molar-refractivity contribution in [3.8, 4) is 11.4 Å². The number of benzene rings is 3. The molecule has 0 aliphatic heterocycles. The Labute approximate surface area is 202 Å². The molecular weight excluding hydrogens is 456 g/mol. The van der Waals surface area contributed by atoms with E-state index in [1.807, 2.05) is 77.4 Å². The monoisotopic (exact) mass is 478 g/mol. The zero-order valence-electron chi connectivity index (χ0n) is 18.3. The number of carbonyl (C=O) groups is 1. The van der Waals surface area contributed by atoms with Crippen molar-refractivity contribution in [2.45, 2.75) is 17.5 Å². The van der Waals surface area contributed by atoms with E-state index in [9.17, 15) is 4.79 Å². The zero-order chi connectivity index (χ0) is 23.2. The molecule has 0 unspecified atom stereocenters. The maximum absolute atomic E-state index is 12.1. The first-order chi connectivity index (χ1) is 16.0. The highest BCUT2D eigenvalue weighted by Gasteiger charge is 2.16. The van der Waals surface area contributed by atoms with E-state index < -0.39 is 0 Å². The molecule has 6 nitrogen and oxygen atoms in total. The predicted molar refractivity (Wildman–Crippen MR) is 131 cm³/mol. The molecular formula is C25H23ClN4O2S. The molecule has 0 N–H and O–H groups in total. The van der Waals surface area contributed by atoms with Crippen LogP contribution in [0.2, 0.25) is 5.02 Å². The van der Waals surface area contributed by atoms with Gasteiger partial charge >= 0.3 is 0 Å². The van der Waals surface area contributed by atoms with Crippen molar-refractivity contribution in [2.24, 2.45) is 0 Å². The van der Waals surface area contributed by atoms with Crippen LogP contribution < -0.4 is 4.74 Å². The molecule has 0 saturated carbocycles. The van der Waals surface area contributed by atoms with E-state index in [1.165, 1.54) is 0 Å². The molecule has 3 aromatic carbocycles. The van der Waals surface area contributed by atoms with Gasteiger partial charge in [0.25, 0.3) is 5.91 Å². The lowest BCUT2D eigenvalue weighted by Gasteiger charge is -2.12. The molecule has 1 heterocycles. The summed E-state index contributed by atoms with van der Waals surface area (Å²) in [6, 6.07) is 24.9. The quantitative estimate of drug-likeness (QED) is 0.313. The first-order valence-electron chi connectivity index (χ1n) is 10.3. The predicted octanol–water partition coefficient (Wildman–Crippen LogP) is 5.49. The minimum Gasteiger partial charge on any atom is -0.484 e. The summed E-state index contributed by atoms with van der Waals surface area (Å²) < 4.78 is 7.91. The number of rotatable bonds is 8. The van der Waals surface area contributed by atoms with E-state index in [0.29, 0.717) is 27.9 Å². The summed E-state index contributed by atoms with van der Waals surface area (Å²) >= 11 is 7.80. The fraction of sp³-hybridized carbons (Fsp3) is 0.160. The van der Waals surface area contributed by atoms with Gasteiger partial charge in [-0.2, -0.15) is 0 Å². The molecule has 4 aromatic rings. The van der Waals surface area contributed by atoms with E-state index in [4.69, 9.17) is 16.3 Å². The Hall–Kier alpha value is -3.29. The van der Waals surface area contributed by atoms with Crippen LogP contribution >= 0.6 is 23.4 Å². The summed E-state index contributed by atoms with van der Waals surface area (Å²) in [7, 11) is 3.49. The molecule has 33 heavy (non-hydrogen) atoms. The van der Waals surface area contributed by atoms with E-state index in [2.05, 4.69) is 10.2 Å². The van der Waals surface area contributed by atoms with Gasteiger partial charge in [-0.15, -0.1) is 10.2 Å². The van der Waals surface area contributed by atoms with Gasteiger partial charge in [-0.1, -0.05) is 65.8 Å². The lowest BCUT2D eigenvalue weighted by atomic mass is 10.1. The number of aromatic nitrogens is 3. The van der Waals surface area contributed by atoms with Crippen LogP contribution in [0.5, 0.6) is 5.75 Å². The van der Waals surface area contributed by atoms with E-state index in [1.54, 1.807) is 36.8 Å². The number of ether oxygens (including phenoxy) is 1. The summed E-state index contributed by atoms with van der Waals surface area (Å²) in [6.07, 6.45) is 0. The first-order valence-corrected chi connectivity index (χ1v) is 11.7. The normalized spacial score (nSPS) is 10.8. The summed E-state index contributed by atoms with van der Waals surface area (Å²) in [4.78, 5) is 13.7. The van der Waals surface area contributed by atoms with Crippen LogP contribution in [0, 0.1) is 0 Å². The highest BCUT2D eigenvalue weighted by Crippen LogP contribution is 2.28. The van der Waals surface area contributed by atoms with Crippen molar-refractivity contribution in [1.82, 2.24) is 19.7 Å². The minimum atomic E-state index is -0.0128. The molecule has 0 fully saturated rings. The first kappa shape index (κ1) is 22.9. The average Bonchev–Trinajstić information content (AvgIpc) is 3.25. The van der Waals surface area contributed by atoms with Crippen molar-refractivity contribution in [3.05, 3.63) is 101 Å². The van der Waals surface area contributed by atoms with Gasteiger partial charge < -0.3 is 9.64 Å². The molecule has 1 amide bonds. The van der Waals surface area contributed by atoms with Crippen molar-refractivity contribution < 1.29 is 9.53 Å². The molecule has 0 spiro atoms. The van der Waals surface area contributed by atoms with E-state index in [-0.39, 0.29) is 12.5 Å². The van der Waals surface area contributed by atoms with Gasteiger partial charge in [-0.05, 0) is 42.0 Å². The van der Waals surface area contributed by atoms with Crippen LogP contribution in [0.25, 0.3) is 5.69 Å². The topological polar surface area (TPSA) is 60.3 Å². The Morgan fingerprint density at radius 1 is 0.970 bits per heavy atom. The van der Waals surface area contributed by atoms with Gasteiger partial charge in [0.15, 0.2) is 11.0 Å². The highest BCUT2D eigenvalue weighted by molar-refractivity contribution is 7.98. The second-order valence-corrected chi connectivity index (χ2v) is 8.82. The number of hydrogen-bond donors (Lipinski definition) is 0. The Balaban J connectivity index is 1.53. The molecule has 0 bridgehead atoms. The van der Waals surface area contributed by atoms with Crippen LogP contribution in [0.15, 0.2) is 84.0 Å². The van der Waals surface area contributed by atoms with Gasteiger partial charge in [0.1, 0.15) is 12.4 Å². The summed E-state index contributed by atoms with van der Waals surface area (Å²) in [6.45, 7) is 0.230. The molecule has 4 rings (SSSR count). The molecule has 0 aliphatic carbocycles. The SMILES string of the molecule is CN(C)C(=O)c1ccc(CSc2nnc(COc3ccccc3Cl)n2-c2ccccc2)cc1. The van der Waals surface area contributed by atoms with Crippen LogP contribution in [0.4, 0.5) is 0 Å². The molecule has 0 radical (unpaired) electrons. The van der Waals surface area contributed by atoms with Crippen molar-refractivity contribution >= 4 is 29.3 Å². The molecule has 168 valence electrons. The van der Waals surface area contributed by atoms with Gasteiger partial charge in [-0.3, -0.25) is 9.36 Å². The second-order valence-electron chi connectivity index (χ2n) is 7.47. The third-order valence-corrected chi connectivity index (χ3v) is 6.20. The van der Waals surface area contributed by atoms with E-state index >= 15 is 0 Å². The van der Waals surface area contributed by atoms with Crippen LogP contribution in [-0.4, -0.2) is 39.7 Å². The number of thioether (sulfide) groups is 1. The van der Waals surface area contributed by atoms with Gasteiger partial charge in [0.2, 0.25) is 0 Å². The van der Waals surface area contributed by atoms with Gasteiger partial charge in [0.05, 0.1) is 5.02 Å². The largest absolute Gasteiger partial charge is 0.484 e. The number of halogens is 1. The Bertz CT molecular complexity index is 1230. The fourth-order valence-corrected chi connectivity index (χ4v) is 4.29. The maximum atomic E-state index is 12.1. The lowest BCUT2D eigenvalue weighted by molar-refractivity contribution is 0.0827. The average molecular weight is 479 g/mol. The third kappa shape index (κ3) is 5.56. The van der Waals surface area contributed by atoms with Crippen molar-refractivity contribution in [1.29, 1.82) is 0 Å². The summed E-state index contributed by atoms with van der Waals surface area (Å²) in [5.41, 5.74) is 2.71.